The molecule has 3 rings (SSSR count). The minimum absolute atomic E-state index is 0.181. The molecule has 1 aliphatic heterocycles. The molecule has 0 bridgehead atoms. The van der Waals surface area contributed by atoms with Crippen LogP contribution in [0, 0.1) is 13.8 Å². The van der Waals surface area contributed by atoms with Gasteiger partial charge in [-0.1, -0.05) is 36.4 Å². The first-order valence-corrected chi connectivity index (χ1v) is 6.04. The molecule has 2 aromatic carbocycles. The third-order valence-corrected chi connectivity index (χ3v) is 3.54. The number of rotatable bonds is 1. The van der Waals surface area contributed by atoms with E-state index in [1.807, 2.05) is 30.3 Å². The van der Waals surface area contributed by atoms with Crippen molar-refractivity contribution in [3.8, 4) is 5.75 Å². The molecule has 0 aromatic heterocycles. The van der Waals surface area contributed by atoms with E-state index in [9.17, 15) is 4.79 Å². The summed E-state index contributed by atoms with van der Waals surface area (Å²) in [6.45, 7) is 4.13. The Kier molecular flexibility index (Phi) is 2.44. The number of carbonyl (C=O) groups excluding carboxylic acids is 1. The second-order valence-electron chi connectivity index (χ2n) is 4.74. The molecule has 0 radical (unpaired) electrons. The van der Waals surface area contributed by atoms with E-state index in [1.54, 1.807) is 0 Å². The van der Waals surface area contributed by atoms with E-state index in [-0.39, 0.29) is 11.9 Å². The summed E-state index contributed by atoms with van der Waals surface area (Å²) in [4.78, 5) is 12.0. The first-order chi connectivity index (χ1) is 8.66. The summed E-state index contributed by atoms with van der Waals surface area (Å²) in [6, 6.07) is 13.8. The Morgan fingerprint density at radius 1 is 1.00 bits per heavy atom. The van der Waals surface area contributed by atoms with Crippen molar-refractivity contribution in [3.05, 3.63) is 64.7 Å². The van der Waals surface area contributed by atoms with Crippen LogP contribution in [0.3, 0.4) is 0 Å². The Morgan fingerprint density at radius 3 is 2.56 bits per heavy atom. The van der Waals surface area contributed by atoms with Crippen LogP contribution in [-0.2, 0) is 4.79 Å². The number of carbonyl (C=O) groups is 1. The SMILES string of the molecule is Cc1ccc(C2C(=O)Oc3ccccc32)cc1C. The summed E-state index contributed by atoms with van der Waals surface area (Å²) in [5.74, 6) is 0.227. The molecule has 1 heterocycles. The third kappa shape index (κ3) is 1.61. The van der Waals surface area contributed by atoms with Gasteiger partial charge in [0.25, 0.3) is 0 Å². The quantitative estimate of drug-likeness (QED) is 0.562. The van der Waals surface area contributed by atoms with Crippen LogP contribution >= 0.6 is 0 Å². The summed E-state index contributed by atoms with van der Waals surface area (Å²) in [5, 5.41) is 0. The van der Waals surface area contributed by atoms with Gasteiger partial charge in [0.05, 0.1) is 0 Å². The standard InChI is InChI=1S/C16H14O2/c1-10-7-8-12(9-11(10)2)15-13-5-3-4-6-14(13)18-16(15)17/h3-9,15H,1-2H3. The largest absolute Gasteiger partial charge is 0.425 e. The highest BCUT2D eigenvalue weighted by Crippen LogP contribution is 2.39. The lowest BCUT2D eigenvalue weighted by Gasteiger charge is -2.10. The van der Waals surface area contributed by atoms with E-state index in [0.717, 1.165) is 11.1 Å². The first kappa shape index (κ1) is 11.0. The average molecular weight is 238 g/mol. The molecule has 2 heteroatoms. The molecule has 1 atom stereocenters. The molecule has 18 heavy (non-hydrogen) atoms. The minimum atomic E-state index is -0.277. The van der Waals surface area contributed by atoms with Gasteiger partial charge in [-0.15, -0.1) is 0 Å². The van der Waals surface area contributed by atoms with E-state index in [4.69, 9.17) is 4.74 Å². The van der Waals surface area contributed by atoms with Crippen molar-refractivity contribution in [2.75, 3.05) is 0 Å². The zero-order chi connectivity index (χ0) is 12.7. The summed E-state index contributed by atoms with van der Waals surface area (Å²) in [7, 11) is 0. The Bertz CT molecular complexity index is 629. The maximum absolute atomic E-state index is 12.0. The van der Waals surface area contributed by atoms with Crippen LogP contribution < -0.4 is 4.74 Å². The van der Waals surface area contributed by atoms with Gasteiger partial charge in [0, 0.05) is 5.56 Å². The smallest absolute Gasteiger partial charge is 0.323 e. The molecule has 0 amide bonds. The molecule has 2 nitrogen and oxygen atoms in total. The molecule has 1 unspecified atom stereocenters. The number of hydrogen-bond donors (Lipinski definition) is 0. The molecule has 0 fully saturated rings. The van der Waals surface area contributed by atoms with Crippen LogP contribution in [0.1, 0.15) is 28.2 Å². The monoisotopic (exact) mass is 238 g/mol. The maximum Gasteiger partial charge on any atom is 0.323 e. The molecule has 0 spiro atoms. The zero-order valence-electron chi connectivity index (χ0n) is 10.4. The van der Waals surface area contributed by atoms with Crippen molar-refractivity contribution in [2.24, 2.45) is 0 Å². The Morgan fingerprint density at radius 2 is 1.78 bits per heavy atom. The van der Waals surface area contributed by atoms with Crippen molar-refractivity contribution in [2.45, 2.75) is 19.8 Å². The predicted molar refractivity (Wildman–Crippen MR) is 69.8 cm³/mol. The second kappa shape index (κ2) is 3.98. The van der Waals surface area contributed by atoms with E-state index >= 15 is 0 Å². The van der Waals surface area contributed by atoms with Crippen LogP contribution in [0.15, 0.2) is 42.5 Å². The van der Waals surface area contributed by atoms with Gasteiger partial charge in [-0.2, -0.15) is 0 Å². The van der Waals surface area contributed by atoms with Crippen molar-refractivity contribution >= 4 is 5.97 Å². The number of fused-ring (bicyclic) bond motifs is 1. The highest BCUT2D eigenvalue weighted by Gasteiger charge is 2.34. The van der Waals surface area contributed by atoms with Gasteiger partial charge in [-0.05, 0) is 36.6 Å². The van der Waals surface area contributed by atoms with Gasteiger partial charge >= 0.3 is 5.97 Å². The lowest BCUT2D eigenvalue weighted by atomic mass is 9.91. The Balaban J connectivity index is 2.11. The summed E-state index contributed by atoms with van der Waals surface area (Å²) >= 11 is 0. The van der Waals surface area contributed by atoms with Crippen molar-refractivity contribution < 1.29 is 9.53 Å². The Labute approximate surface area is 106 Å². The van der Waals surface area contributed by atoms with Crippen LogP contribution in [0.25, 0.3) is 0 Å². The Hall–Kier alpha value is -2.09. The molecule has 0 saturated heterocycles. The number of ether oxygens (including phenoxy) is 1. The van der Waals surface area contributed by atoms with E-state index < -0.39 is 0 Å². The number of benzene rings is 2. The topological polar surface area (TPSA) is 26.3 Å². The molecule has 2 aromatic rings. The normalized spacial score (nSPS) is 17.4. The van der Waals surface area contributed by atoms with Crippen LogP contribution in [0.4, 0.5) is 0 Å². The lowest BCUT2D eigenvalue weighted by Crippen LogP contribution is -2.11. The van der Waals surface area contributed by atoms with Crippen molar-refractivity contribution in [1.82, 2.24) is 0 Å². The van der Waals surface area contributed by atoms with Crippen LogP contribution in [-0.4, -0.2) is 5.97 Å². The maximum atomic E-state index is 12.0. The lowest BCUT2D eigenvalue weighted by molar-refractivity contribution is -0.133. The third-order valence-electron chi connectivity index (χ3n) is 3.54. The predicted octanol–water partition coefficient (Wildman–Crippen LogP) is 3.35. The first-order valence-electron chi connectivity index (χ1n) is 6.04. The minimum Gasteiger partial charge on any atom is -0.425 e. The van der Waals surface area contributed by atoms with E-state index in [0.29, 0.717) is 5.75 Å². The molecular formula is C16H14O2. The fourth-order valence-electron chi connectivity index (χ4n) is 2.37. The van der Waals surface area contributed by atoms with E-state index in [2.05, 4.69) is 26.0 Å². The number of hydrogen-bond acceptors (Lipinski definition) is 2. The molecule has 0 aliphatic carbocycles. The van der Waals surface area contributed by atoms with Gasteiger partial charge in [0.1, 0.15) is 11.7 Å². The molecule has 0 N–H and O–H groups in total. The zero-order valence-corrected chi connectivity index (χ0v) is 10.4. The summed E-state index contributed by atoms with van der Waals surface area (Å²) in [6.07, 6.45) is 0. The molecular weight excluding hydrogens is 224 g/mol. The highest BCUT2D eigenvalue weighted by atomic mass is 16.5. The van der Waals surface area contributed by atoms with Gasteiger partial charge in [0.15, 0.2) is 0 Å². The van der Waals surface area contributed by atoms with Crippen molar-refractivity contribution in [1.29, 1.82) is 0 Å². The summed E-state index contributed by atoms with van der Waals surface area (Å²) < 4.78 is 5.31. The highest BCUT2D eigenvalue weighted by molar-refractivity contribution is 5.89. The van der Waals surface area contributed by atoms with Gasteiger partial charge in [0.2, 0.25) is 0 Å². The number of esters is 1. The fraction of sp³-hybridized carbons (Fsp3) is 0.188. The molecule has 0 saturated carbocycles. The summed E-state index contributed by atoms with van der Waals surface area (Å²) in [5.41, 5.74) is 4.40. The average Bonchev–Trinajstić information content (AvgIpc) is 2.69. The van der Waals surface area contributed by atoms with E-state index in [1.165, 1.54) is 11.1 Å². The van der Waals surface area contributed by atoms with Crippen molar-refractivity contribution in [3.63, 3.8) is 0 Å². The fourth-order valence-corrected chi connectivity index (χ4v) is 2.37. The number of aryl methyl sites for hydroxylation is 2. The molecule has 1 aliphatic rings. The second-order valence-corrected chi connectivity index (χ2v) is 4.74. The van der Waals surface area contributed by atoms with Gasteiger partial charge in [-0.25, -0.2) is 0 Å². The van der Waals surface area contributed by atoms with Crippen LogP contribution in [0.5, 0.6) is 5.75 Å². The van der Waals surface area contributed by atoms with Gasteiger partial charge in [-0.3, -0.25) is 4.79 Å². The van der Waals surface area contributed by atoms with Gasteiger partial charge < -0.3 is 4.74 Å². The number of para-hydroxylation sites is 1. The molecule has 90 valence electrons. The van der Waals surface area contributed by atoms with Crippen LogP contribution in [0.2, 0.25) is 0 Å².